The van der Waals surface area contributed by atoms with E-state index in [1.165, 1.54) is 65.9 Å². The maximum Gasteiger partial charge on any atom is 0.135 e. The number of aromatic nitrogens is 2. The average molecular weight is 651 g/mol. The van der Waals surface area contributed by atoms with Crippen molar-refractivity contribution in [1.82, 2.24) is 9.13 Å². The predicted molar refractivity (Wildman–Crippen MR) is 213 cm³/mol. The van der Waals surface area contributed by atoms with Crippen molar-refractivity contribution in [2.24, 2.45) is 0 Å². The van der Waals surface area contributed by atoms with E-state index >= 15 is 0 Å². The van der Waals surface area contributed by atoms with E-state index in [9.17, 15) is 0 Å². The molecular weight excluding hydrogens is 621 g/mol. The number of furan rings is 1. The summed E-state index contributed by atoms with van der Waals surface area (Å²) >= 11 is 0. The molecule has 3 heteroatoms. The van der Waals surface area contributed by atoms with Gasteiger partial charge in [0.15, 0.2) is 0 Å². The van der Waals surface area contributed by atoms with Crippen molar-refractivity contribution in [2.75, 3.05) is 0 Å². The molecule has 11 rings (SSSR count). The summed E-state index contributed by atoms with van der Waals surface area (Å²) in [6.45, 7) is 0. The van der Waals surface area contributed by atoms with Gasteiger partial charge in [-0.3, -0.25) is 0 Å². The summed E-state index contributed by atoms with van der Waals surface area (Å²) in [5.41, 5.74) is 13.7. The summed E-state index contributed by atoms with van der Waals surface area (Å²) in [6, 6.07) is 65.6. The zero-order valence-corrected chi connectivity index (χ0v) is 27.6. The monoisotopic (exact) mass is 650 g/mol. The van der Waals surface area contributed by atoms with Crippen molar-refractivity contribution in [3.63, 3.8) is 0 Å². The van der Waals surface area contributed by atoms with E-state index in [0.29, 0.717) is 0 Å². The molecule has 0 radical (unpaired) electrons. The molecule has 8 aromatic carbocycles. The molecule has 0 unspecified atom stereocenters. The van der Waals surface area contributed by atoms with Gasteiger partial charge in [-0.25, -0.2) is 0 Å². The molecule has 0 aliphatic carbocycles. The van der Waals surface area contributed by atoms with Crippen molar-refractivity contribution in [2.45, 2.75) is 0 Å². The van der Waals surface area contributed by atoms with Crippen LogP contribution < -0.4 is 0 Å². The van der Waals surface area contributed by atoms with Crippen LogP contribution in [0.15, 0.2) is 186 Å². The lowest BCUT2D eigenvalue weighted by Gasteiger charge is -2.13. The Bertz CT molecular complexity index is 3140. The van der Waals surface area contributed by atoms with Gasteiger partial charge < -0.3 is 13.6 Å². The Morgan fingerprint density at radius 2 is 0.922 bits per heavy atom. The van der Waals surface area contributed by atoms with Crippen LogP contribution in [0.2, 0.25) is 0 Å². The molecule has 0 fully saturated rings. The number of fused-ring (bicyclic) bond motifs is 9. The lowest BCUT2D eigenvalue weighted by Crippen LogP contribution is -1.94. The Morgan fingerprint density at radius 1 is 0.314 bits per heavy atom. The highest BCUT2D eigenvalue weighted by Crippen LogP contribution is 2.43. The van der Waals surface area contributed by atoms with Gasteiger partial charge in [0.25, 0.3) is 0 Å². The third-order valence-electron chi connectivity index (χ3n) is 10.5. The minimum Gasteiger partial charge on any atom is -0.456 e. The molecule has 51 heavy (non-hydrogen) atoms. The fourth-order valence-corrected chi connectivity index (χ4v) is 8.34. The predicted octanol–water partition coefficient (Wildman–Crippen LogP) is 13.1. The number of hydrogen-bond donors (Lipinski definition) is 0. The smallest absolute Gasteiger partial charge is 0.135 e. The van der Waals surface area contributed by atoms with Crippen LogP contribution in [-0.2, 0) is 0 Å². The Balaban J connectivity index is 1.13. The van der Waals surface area contributed by atoms with Gasteiger partial charge in [0.2, 0.25) is 0 Å². The van der Waals surface area contributed by atoms with Gasteiger partial charge in [0.05, 0.1) is 22.1 Å². The average Bonchev–Trinajstić information content (AvgIpc) is 3.85. The van der Waals surface area contributed by atoms with Gasteiger partial charge in [-0.15, -0.1) is 0 Å². The minimum atomic E-state index is 0.904. The minimum absolute atomic E-state index is 0.904. The van der Waals surface area contributed by atoms with Crippen molar-refractivity contribution in [3.8, 4) is 33.6 Å². The first kappa shape index (κ1) is 28.0. The van der Waals surface area contributed by atoms with Gasteiger partial charge in [-0.2, -0.15) is 0 Å². The standard InChI is InChI=1S/C48H30N2O/c1-2-13-32(14-3-1)49-43-22-10-7-19-39(43)48-38(20-12-23-45(48)49)35-16-5-4-15-34(35)31-25-27-44-40(29-31)36-17-6-9-21-42(36)50(44)33-26-28-47-41(30-33)37-18-8-11-24-46(37)51-47/h1-30H. The van der Waals surface area contributed by atoms with E-state index in [1.807, 2.05) is 12.1 Å². The second-order valence-corrected chi connectivity index (χ2v) is 13.3. The van der Waals surface area contributed by atoms with Gasteiger partial charge in [-0.1, -0.05) is 115 Å². The van der Waals surface area contributed by atoms with Crippen LogP contribution in [0.4, 0.5) is 0 Å². The molecule has 238 valence electrons. The number of nitrogens with zero attached hydrogens (tertiary/aromatic N) is 2. The lowest BCUT2D eigenvalue weighted by atomic mass is 9.91. The van der Waals surface area contributed by atoms with Gasteiger partial charge in [0, 0.05) is 43.7 Å². The van der Waals surface area contributed by atoms with Crippen LogP contribution in [0.5, 0.6) is 0 Å². The molecular formula is C48H30N2O. The molecule has 3 aromatic heterocycles. The number of benzene rings is 8. The summed E-state index contributed by atoms with van der Waals surface area (Å²) in [6.07, 6.45) is 0. The molecule has 11 aromatic rings. The van der Waals surface area contributed by atoms with Gasteiger partial charge in [0.1, 0.15) is 11.2 Å². The maximum atomic E-state index is 6.18. The van der Waals surface area contributed by atoms with E-state index in [2.05, 4.69) is 179 Å². The summed E-state index contributed by atoms with van der Waals surface area (Å²) in [7, 11) is 0. The molecule has 0 bridgehead atoms. The molecule has 0 aliphatic rings. The van der Waals surface area contributed by atoms with E-state index in [0.717, 1.165) is 33.3 Å². The second kappa shape index (κ2) is 10.8. The first-order chi connectivity index (χ1) is 25.3. The zero-order chi connectivity index (χ0) is 33.5. The van der Waals surface area contributed by atoms with Crippen molar-refractivity contribution in [1.29, 1.82) is 0 Å². The van der Waals surface area contributed by atoms with Gasteiger partial charge >= 0.3 is 0 Å². The molecule has 0 saturated heterocycles. The first-order valence-corrected chi connectivity index (χ1v) is 17.4. The second-order valence-electron chi connectivity index (χ2n) is 13.3. The first-order valence-electron chi connectivity index (χ1n) is 17.4. The summed E-state index contributed by atoms with van der Waals surface area (Å²) in [5.74, 6) is 0. The van der Waals surface area contributed by atoms with Crippen LogP contribution >= 0.6 is 0 Å². The largest absolute Gasteiger partial charge is 0.456 e. The normalized spacial score (nSPS) is 11.9. The van der Waals surface area contributed by atoms with Crippen molar-refractivity contribution < 1.29 is 4.42 Å². The molecule has 0 spiro atoms. The van der Waals surface area contributed by atoms with E-state index in [-0.39, 0.29) is 0 Å². The Morgan fingerprint density at radius 3 is 1.78 bits per heavy atom. The fraction of sp³-hybridized carbons (Fsp3) is 0. The fourth-order valence-electron chi connectivity index (χ4n) is 8.34. The third kappa shape index (κ3) is 4.12. The number of hydrogen-bond acceptors (Lipinski definition) is 1. The molecule has 3 nitrogen and oxygen atoms in total. The molecule has 0 atom stereocenters. The van der Waals surface area contributed by atoms with E-state index < -0.39 is 0 Å². The Labute approximate surface area is 293 Å². The molecule has 0 N–H and O–H groups in total. The molecule has 0 aliphatic heterocycles. The SMILES string of the molecule is c1ccc(-n2c3ccccc3c3c(-c4ccccc4-c4ccc5c(c4)c4ccccc4n5-c4ccc5oc6ccccc6c5c4)cccc32)cc1. The van der Waals surface area contributed by atoms with Crippen LogP contribution in [0.1, 0.15) is 0 Å². The third-order valence-corrected chi connectivity index (χ3v) is 10.5. The summed E-state index contributed by atoms with van der Waals surface area (Å²) in [5, 5.41) is 7.25. The molecule has 0 saturated carbocycles. The highest BCUT2D eigenvalue weighted by Gasteiger charge is 2.19. The van der Waals surface area contributed by atoms with Crippen LogP contribution in [0, 0.1) is 0 Å². The van der Waals surface area contributed by atoms with E-state index in [1.54, 1.807) is 0 Å². The number of rotatable bonds is 4. The summed E-state index contributed by atoms with van der Waals surface area (Å²) < 4.78 is 11.0. The summed E-state index contributed by atoms with van der Waals surface area (Å²) in [4.78, 5) is 0. The highest BCUT2D eigenvalue weighted by atomic mass is 16.3. The lowest BCUT2D eigenvalue weighted by molar-refractivity contribution is 0.669. The number of para-hydroxylation sites is 4. The van der Waals surface area contributed by atoms with Crippen molar-refractivity contribution in [3.05, 3.63) is 182 Å². The van der Waals surface area contributed by atoms with Crippen LogP contribution in [-0.4, -0.2) is 9.13 Å². The Kier molecular flexibility index (Phi) is 5.96. The zero-order valence-electron chi connectivity index (χ0n) is 27.6. The molecule has 3 heterocycles. The van der Waals surface area contributed by atoms with Crippen molar-refractivity contribution >= 4 is 65.6 Å². The quantitative estimate of drug-likeness (QED) is 0.186. The van der Waals surface area contributed by atoms with Gasteiger partial charge in [-0.05, 0) is 89.0 Å². The maximum absolute atomic E-state index is 6.18. The van der Waals surface area contributed by atoms with Crippen LogP contribution in [0.25, 0.3) is 99.2 Å². The highest BCUT2D eigenvalue weighted by molar-refractivity contribution is 6.17. The van der Waals surface area contributed by atoms with Crippen LogP contribution in [0.3, 0.4) is 0 Å². The topological polar surface area (TPSA) is 23.0 Å². The van der Waals surface area contributed by atoms with E-state index in [4.69, 9.17) is 4.42 Å². The Hall–Kier alpha value is -6.84. The molecule has 0 amide bonds.